The molecule has 0 saturated heterocycles. The van der Waals surface area contributed by atoms with Crippen LogP contribution in [-0.2, 0) is 4.79 Å². The number of fused-ring (bicyclic) bond motifs is 1. The van der Waals surface area contributed by atoms with E-state index in [9.17, 15) is 14.4 Å². The molecule has 0 unspecified atom stereocenters. The number of nitrogens with one attached hydrogen (secondary N) is 1. The molecule has 3 aromatic carbocycles. The molecule has 0 aliphatic rings. The van der Waals surface area contributed by atoms with Crippen LogP contribution in [0.15, 0.2) is 79.0 Å². The fourth-order valence-corrected chi connectivity index (χ4v) is 3.36. The molecule has 0 saturated carbocycles. The molecule has 4 rings (SSSR count). The van der Waals surface area contributed by atoms with Crippen molar-refractivity contribution in [2.24, 2.45) is 5.73 Å². The van der Waals surface area contributed by atoms with Gasteiger partial charge >= 0.3 is 12.0 Å². The lowest BCUT2D eigenvalue weighted by Gasteiger charge is -2.07. The first-order valence-electron chi connectivity index (χ1n) is 9.52. The Balaban J connectivity index is 1.82. The highest BCUT2D eigenvalue weighted by molar-refractivity contribution is 6.05. The number of amides is 2. The van der Waals surface area contributed by atoms with Crippen LogP contribution in [0.4, 0.5) is 10.5 Å². The first kappa shape index (κ1) is 19.9. The molecule has 7 nitrogen and oxygen atoms in total. The number of anilines is 1. The van der Waals surface area contributed by atoms with Crippen LogP contribution in [0, 0.1) is 0 Å². The van der Waals surface area contributed by atoms with E-state index in [1.807, 2.05) is 18.2 Å². The van der Waals surface area contributed by atoms with E-state index in [0.717, 1.165) is 11.1 Å². The maximum Gasteiger partial charge on any atom is 0.330 e. The number of carbonyl (C=O) groups excluding carboxylic acids is 3. The molecule has 1 heterocycles. The summed E-state index contributed by atoms with van der Waals surface area (Å²) in [5, 5.41) is 3.58. The highest BCUT2D eigenvalue weighted by atomic mass is 16.5. The monoisotopic (exact) mass is 413 g/mol. The van der Waals surface area contributed by atoms with Gasteiger partial charge in [0.1, 0.15) is 5.75 Å². The number of rotatable bonds is 4. The van der Waals surface area contributed by atoms with Crippen molar-refractivity contribution < 1.29 is 19.1 Å². The van der Waals surface area contributed by atoms with Crippen molar-refractivity contribution >= 4 is 34.5 Å². The Morgan fingerprint density at radius 2 is 1.65 bits per heavy atom. The predicted octanol–water partition coefficient (Wildman–Crippen LogP) is 4.41. The number of nitrogens with two attached hydrogens (primary N) is 1. The summed E-state index contributed by atoms with van der Waals surface area (Å²) >= 11 is 0. The van der Waals surface area contributed by atoms with Crippen molar-refractivity contribution in [3.05, 3.63) is 84.6 Å². The molecule has 0 fully saturated rings. The van der Waals surface area contributed by atoms with E-state index in [1.165, 1.54) is 11.5 Å². The maximum absolute atomic E-state index is 13.0. The van der Waals surface area contributed by atoms with Gasteiger partial charge in [-0.2, -0.15) is 0 Å². The third kappa shape index (κ3) is 4.16. The van der Waals surface area contributed by atoms with E-state index in [1.54, 1.807) is 60.8 Å². The number of para-hydroxylation sites is 1. The summed E-state index contributed by atoms with van der Waals surface area (Å²) in [5.41, 5.74) is 8.54. The number of esters is 1. The van der Waals surface area contributed by atoms with E-state index < -0.39 is 11.9 Å². The Hall–Kier alpha value is -4.39. The Bertz CT molecular complexity index is 1290. The first-order valence-corrected chi connectivity index (χ1v) is 9.52. The first-order chi connectivity index (χ1) is 14.9. The SMILES string of the molecule is CC(=O)Oc1ccc2c(c1)c(-c1ccc(C(N)=O)cc1)cn2C(=O)Nc1ccccc1. The second kappa shape index (κ2) is 8.16. The zero-order valence-corrected chi connectivity index (χ0v) is 16.7. The second-order valence-electron chi connectivity index (χ2n) is 6.92. The van der Waals surface area contributed by atoms with E-state index in [4.69, 9.17) is 10.5 Å². The number of hydrogen-bond acceptors (Lipinski definition) is 4. The second-order valence-corrected chi connectivity index (χ2v) is 6.92. The number of primary amides is 1. The Morgan fingerprint density at radius 1 is 0.935 bits per heavy atom. The van der Waals surface area contributed by atoms with Crippen molar-refractivity contribution in [2.45, 2.75) is 6.92 Å². The van der Waals surface area contributed by atoms with Gasteiger partial charge < -0.3 is 15.8 Å². The number of aromatic nitrogens is 1. The van der Waals surface area contributed by atoms with Crippen molar-refractivity contribution in [3.8, 4) is 16.9 Å². The lowest BCUT2D eigenvalue weighted by Crippen LogP contribution is -2.18. The minimum Gasteiger partial charge on any atom is -0.427 e. The van der Waals surface area contributed by atoms with Crippen molar-refractivity contribution in [2.75, 3.05) is 5.32 Å². The Kier molecular flexibility index (Phi) is 5.24. The summed E-state index contributed by atoms with van der Waals surface area (Å²) in [6, 6.07) is 20.6. The standard InChI is InChI=1S/C24H19N3O4/c1-15(28)31-19-11-12-22-20(13-19)21(16-7-9-17(10-8-16)23(25)29)14-27(22)24(30)26-18-5-3-2-4-6-18/h2-14H,1H3,(H2,25,29)(H,26,30). The third-order valence-electron chi connectivity index (χ3n) is 4.76. The molecule has 7 heteroatoms. The van der Waals surface area contributed by atoms with E-state index in [-0.39, 0.29) is 6.03 Å². The fourth-order valence-electron chi connectivity index (χ4n) is 3.36. The highest BCUT2D eigenvalue weighted by Crippen LogP contribution is 2.33. The lowest BCUT2D eigenvalue weighted by atomic mass is 10.0. The van der Waals surface area contributed by atoms with Crippen LogP contribution in [0.3, 0.4) is 0 Å². The summed E-state index contributed by atoms with van der Waals surface area (Å²) in [4.78, 5) is 35.8. The molecular formula is C24H19N3O4. The fraction of sp³-hybridized carbons (Fsp3) is 0.0417. The van der Waals surface area contributed by atoms with Gasteiger partial charge in [-0.3, -0.25) is 14.2 Å². The summed E-state index contributed by atoms with van der Waals surface area (Å²) in [6.45, 7) is 1.33. The zero-order chi connectivity index (χ0) is 22.0. The van der Waals surface area contributed by atoms with Gasteiger partial charge in [0.15, 0.2) is 0 Å². The van der Waals surface area contributed by atoms with Gasteiger partial charge in [0.25, 0.3) is 0 Å². The van der Waals surface area contributed by atoms with Crippen molar-refractivity contribution in [1.29, 1.82) is 0 Å². The Labute approximate surface area is 178 Å². The third-order valence-corrected chi connectivity index (χ3v) is 4.76. The van der Waals surface area contributed by atoms with Crippen LogP contribution in [0.5, 0.6) is 5.75 Å². The van der Waals surface area contributed by atoms with Crippen LogP contribution < -0.4 is 15.8 Å². The van der Waals surface area contributed by atoms with Crippen molar-refractivity contribution in [1.82, 2.24) is 4.57 Å². The predicted molar refractivity (Wildman–Crippen MR) is 118 cm³/mol. The minimum absolute atomic E-state index is 0.337. The average molecular weight is 413 g/mol. The molecular weight excluding hydrogens is 394 g/mol. The summed E-state index contributed by atoms with van der Waals surface area (Å²) in [7, 11) is 0. The molecule has 1 aromatic heterocycles. The quantitative estimate of drug-likeness (QED) is 0.382. The van der Waals surface area contributed by atoms with Gasteiger partial charge in [0.05, 0.1) is 5.52 Å². The van der Waals surface area contributed by atoms with Gasteiger partial charge in [-0.25, -0.2) is 4.79 Å². The molecule has 4 aromatic rings. The zero-order valence-electron chi connectivity index (χ0n) is 16.7. The molecule has 154 valence electrons. The molecule has 0 aliphatic carbocycles. The summed E-state index contributed by atoms with van der Waals surface area (Å²) < 4.78 is 6.72. The van der Waals surface area contributed by atoms with Gasteiger partial charge in [-0.15, -0.1) is 0 Å². The van der Waals surface area contributed by atoms with Crippen LogP contribution in [-0.4, -0.2) is 22.5 Å². The normalized spacial score (nSPS) is 10.6. The maximum atomic E-state index is 13.0. The largest absolute Gasteiger partial charge is 0.427 e. The average Bonchev–Trinajstić information content (AvgIpc) is 3.13. The van der Waals surface area contributed by atoms with Crippen LogP contribution >= 0.6 is 0 Å². The molecule has 0 radical (unpaired) electrons. The molecule has 0 atom stereocenters. The van der Waals surface area contributed by atoms with E-state index >= 15 is 0 Å². The molecule has 0 bridgehead atoms. The molecule has 0 spiro atoms. The van der Waals surface area contributed by atoms with Crippen molar-refractivity contribution in [3.63, 3.8) is 0 Å². The smallest absolute Gasteiger partial charge is 0.330 e. The van der Waals surface area contributed by atoms with Crippen LogP contribution in [0.1, 0.15) is 17.3 Å². The van der Waals surface area contributed by atoms with E-state index in [2.05, 4.69) is 5.32 Å². The number of nitrogens with zero attached hydrogens (tertiary/aromatic N) is 1. The minimum atomic E-state index is -0.520. The summed E-state index contributed by atoms with van der Waals surface area (Å²) in [6.07, 6.45) is 1.71. The molecule has 2 amide bonds. The van der Waals surface area contributed by atoms with Gasteiger partial charge in [-0.1, -0.05) is 30.3 Å². The van der Waals surface area contributed by atoms with Crippen LogP contribution in [0.25, 0.3) is 22.0 Å². The topological polar surface area (TPSA) is 103 Å². The molecule has 31 heavy (non-hydrogen) atoms. The lowest BCUT2D eigenvalue weighted by molar-refractivity contribution is -0.131. The van der Waals surface area contributed by atoms with Gasteiger partial charge in [0, 0.05) is 35.3 Å². The molecule has 3 N–H and O–H groups in total. The van der Waals surface area contributed by atoms with Gasteiger partial charge in [0.2, 0.25) is 5.91 Å². The van der Waals surface area contributed by atoms with Gasteiger partial charge in [-0.05, 0) is 48.0 Å². The number of hydrogen-bond donors (Lipinski definition) is 2. The number of ether oxygens (including phenoxy) is 1. The van der Waals surface area contributed by atoms with Crippen LogP contribution in [0.2, 0.25) is 0 Å². The summed E-state index contributed by atoms with van der Waals surface area (Å²) in [5.74, 6) is -0.586. The number of carbonyl (C=O) groups is 3. The Morgan fingerprint density at radius 3 is 2.29 bits per heavy atom. The van der Waals surface area contributed by atoms with E-state index in [0.29, 0.717) is 27.9 Å². The molecule has 0 aliphatic heterocycles. The number of benzene rings is 3. The highest BCUT2D eigenvalue weighted by Gasteiger charge is 2.17.